The number of carbonyl (C=O) groups excluding carboxylic acids is 4. The molecule has 16 nitrogen and oxygen atoms in total. The van der Waals surface area contributed by atoms with Crippen LogP contribution in [-0.2, 0) is 28.5 Å². The van der Waals surface area contributed by atoms with Gasteiger partial charge in [-0.2, -0.15) is 0 Å². The number of nitrogens with one attached hydrogen (secondary N) is 4. The molecule has 3 aromatic rings. The summed E-state index contributed by atoms with van der Waals surface area (Å²) in [5, 5.41) is 5.24. The van der Waals surface area contributed by atoms with Gasteiger partial charge >= 0.3 is 12.2 Å². The summed E-state index contributed by atoms with van der Waals surface area (Å²) in [6.07, 6.45) is 5.65. The molecule has 16 heteroatoms. The summed E-state index contributed by atoms with van der Waals surface area (Å²) < 4.78 is 19.7. The highest BCUT2D eigenvalue weighted by molar-refractivity contribution is 5.87. The summed E-state index contributed by atoms with van der Waals surface area (Å²) >= 11 is 0. The van der Waals surface area contributed by atoms with Gasteiger partial charge in [-0.25, -0.2) is 19.6 Å². The van der Waals surface area contributed by atoms with Gasteiger partial charge in [0.25, 0.3) is 0 Å². The molecule has 0 spiro atoms. The molecule has 0 radical (unpaired) electrons. The summed E-state index contributed by atoms with van der Waals surface area (Å²) in [6, 6.07) is 5.42. The van der Waals surface area contributed by atoms with Crippen molar-refractivity contribution >= 4 is 24.0 Å². The average Bonchev–Trinajstić information content (AvgIpc) is 4.03. The van der Waals surface area contributed by atoms with Crippen molar-refractivity contribution in [1.29, 1.82) is 0 Å². The smallest absolute Gasteiger partial charge is 0.407 e. The molecule has 286 valence electrons. The number of aromatic amines is 2. The van der Waals surface area contributed by atoms with Crippen molar-refractivity contribution in [3.63, 3.8) is 0 Å². The normalized spacial score (nSPS) is 17.4. The number of methoxy groups -OCH3 is 4. The van der Waals surface area contributed by atoms with Crippen LogP contribution in [0.1, 0.15) is 84.8 Å². The minimum absolute atomic E-state index is 0.217. The molecule has 4 N–H and O–H groups in total. The number of likely N-dealkylation sites (tertiary alicyclic amines) is 2. The molecule has 0 saturated carbocycles. The molecular formula is C38H46N8O8. The summed E-state index contributed by atoms with van der Waals surface area (Å²) in [6.45, 7) is 1.70. The third kappa shape index (κ3) is 10.2. The highest BCUT2D eigenvalue weighted by Gasteiger charge is 2.37. The zero-order valence-corrected chi connectivity index (χ0v) is 30.9. The van der Waals surface area contributed by atoms with Gasteiger partial charge in [0, 0.05) is 64.5 Å². The molecule has 1 aromatic carbocycles. The first-order valence-corrected chi connectivity index (χ1v) is 17.8. The average molecular weight is 743 g/mol. The highest BCUT2D eigenvalue weighted by atomic mass is 16.5. The van der Waals surface area contributed by atoms with E-state index in [1.807, 2.05) is 24.3 Å². The third-order valence-corrected chi connectivity index (χ3v) is 9.23. The number of nitrogens with zero attached hydrogens (tertiary/aromatic N) is 4. The third-order valence-electron chi connectivity index (χ3n) is 9.23. The number of benzene rings is 1. The second kappa shape index (κ2) is 19.3. The number of imidazole rings is 2. The fourth-order valence-corrected chi connectivity index (χ4v) is 6.47. The van der Waals surface area contributed by atoms with Gasteiger partial charge in [-0.05, 0) is 61.8 Å². The van der Waals surface area contributed by atoms with Crippen LogP contribution in [0.5, 0.6) is 0 Å². The first-order chi connectivity index (χ1) is 26.2. The van der Waals surface area contributed by atoms with E-state index in [0.29, 0.717) is 62.2 Å². The molecule has 2 aliphatic rings. The molecule has 0 aliphatic carbocycles. The number of hydrogen-bond donors (Lipinski definition) is 4. The van der Waals surface area contributed by atoms with Crippen LogP contribution >= 0.6 is 0 Å². The Labute approximate surface area is 314 Å². The molecule has 5 rings (SSSR count). The molecule has 2 aromatic heterocycles. The number of carbonyl (C=O) groups is 4. The van der Waals surface area contributed by atoms with Gasteiger partial charge in [0.05, 0.1) is 38.7 Å². The topological polar surface area (TPSA) is 193 Å². The molecule has 0 bridgehead atoms. The fraction of sp³-hybridized carbons (Fsp3) is 0.474. The molecule has 4 atom stereocenters. The van der Waals surface area contributed by atoms with E-state index in [1.54, 1.807) is 36.4 Å². The van der Waals surface area contributed by atoms with E-state index in [-0.39, 0.29) is 23.9 Å². The maximum atomic E-state index is 13.4. The predicted octanol–water partition coefficient (Wildman–Crippen LogP) is 2.78. The molecule has 2 fully saturated rings. The Bertz CT molecular complexity index is 1750. The molecule has 2 saturated heterocycles. The maximum Gasteiger partial charge on any atom is 0.407 e. The van der Waals surface area contributed by atoms with Crippen LogP contribution in [0.15, 0.2) is 36.7 Å². The zero-order valence-electron chi connectivity index (χ0n) is 30.9. The number of aromatic nitrogens is 4. The number of rotatable bonds is 12. The predicted molar refractivity (Wildman–Crippen MR) is 195 cm³/mol. The summed E-state index contributed by atoms with van der Waals surface area (Å²) in [5.41, 5.74) is 2.79. The monoisotopic (exact) mass is 742 g/mol. The Balaban J connectivity index is 1.19. The first-order valence-electron chi connectivity index (χ1n) is 17.8. The Morgan fingerprint density at radius 1 is 0.704 bits per heavy atom. The lowest BCUT2D eigenvalue weighted by atomic mass is 10.1. The minimum atomic E-state index is -0.777. The van der Waals surface area contributed by atoms with E-state index in [0.717, 1.165) is 36.8 Å². The highest BCUT2D eigenvalue weighted by Crippen LogP contribution is 2.32. The van der Waals surface area contributed by atoms with Gasteiger partial charge in [-0.15, -0.1) is 0 Å². The van der Waals surface area contributed by atoms with Gasteiger partial charge in [0.1, 0.15) is 35.1 Å². The van der Waals surface area contributed by atoms with Crippen molar-refractivity contribution in [2.75, 3.05) is 54.7 Å². The summed E-state index contributed by atoms with van der Waals surface area (Å²) in [4.78, 5) is 69.6. The van der Waals surface area contributed by atoms with E-state index in [9.17, 15) is 19.2 Å². The minimum Gasteiger partial charge on any atom is -0.453 e. The second-order valence-corrected chi connectivity index (χ2v) is 12.8. The summed E-state index contributed by atoms with van der Waals surface area (Å²) in [7, 11) is 5.59. The van der Waals surface area contributed by atoms with Crippen molar-refractivity contribution in [2.45, 2.75) is 62.7 Å². The Morgan fingerprint density at radius 2 is 1.11 bits per heavy atom. The van der Waals surface area contributed by atoms with Crippen LogP contribution in [0.4, 0.5) is 9.59 Å². The zero-order chi connectivity index (χ0) is 38.5. The number of amides is 4. The number of H-pyrrole nitrogens is 2. The molecule has 54 heavy (non-hydrogen) atoms. The number of alkyl carbamates (subject to hydrolysis) is 2. The van der Waals surface area contributed by atoms with Gasteiger partial charge in [-0.3, -0.25) is 9.59 Å². The van der Waals surface area contributed by atoms with Crippen LogP contribution in [0.25, 0.3) is 0 Å². The van der Waals surface area contributed by atoms with Gasteiger partial charge < -0.3 is 49.3 Å². The second-order valence-electron chi connectivity index (χ2n) is 12.8. The van der Waals surface area contributed by atoms with Crippen LogP contribution in [0.2, 0.25) is 0 Å². The summed E-state index contributed by atoms with van der Waals surface area (Å²) in [5.74, 6) is 13.3. The van der Waals surface area contributed by atoms with E-state index in [2.05, 4.69) is 54.3 Å². The largest absolute Gasteiger partial charge is 0.453 e. The van der Waals surface area contributed by atoms with Crippen molar-refractivity contribution in [1.82, 2.24) is 40.4 Å². The van der Waals surface area contributed by atoms with Crippen molar-refractivity contribution in [3.8, 4) is 23.7 Å². The van der Waals surface area contributed by atoms with Crippen LogP contribution in [-0.4, -0.2) is 121 Å². The van der Waals surface area contributed by atoms with Gasteiger partial charge in [-0.1, -0.05) is 11.8 Å². The lowest BCUT2D eigenvalue weighted by Gasteiger charge is -2.28. The first kappa shape index (κ1) is 39.4. The van der Waals surface area contributed by atoms with Crippen LogP contribution < -0.4 is 10.6 Å². The lowest BCUT2D eigenvalue weighted by molar-refractivity contribution is -0.135. The van der Waals surface area contributed by atoms with Crippen molar-refractivity contribution in [2.24, 2.45) is 0 Å². The molecule has 0 unspecified atom stereocenters. The Morgan fingerprint density at radius 3 is 1.48 bits per heavy atom. The van der Waals surface area contributed by atoms with Gasteiger partial charge in [0.15, 0.2) is 0 Å². The van der Waals surface area contributed by atoms with Gasteiger partial charge in [0.2, 0.25) is 11.8 Å². The Kier molecular flexibility index (Phi) is 14.1. The molecule has 4 amide bonds. The quantitative estimate of drug-likeness (QED) is 0.201. The number of ether oxygens (including phenoxy) is 4. The molecule has 4 heterocycles. The lowest BCUT2D eigenvalue weighted by Crippen LogP contribution is -2.49. The van der Waals surface area contributed by atoms with Crippen molar-refractivity contribution in [3.05, 3.63) is 70.8 Å². The standard InChI is InChI=1S/C38H46N8O8/c1-51-21-17-29(43-37(49)53-3)35(47)45-19-5-7-31(45)33-39-23-27(41-33)15-13-25-9-11-26(12-10-25)14-16-28-24-40-34(42-28)32-8-6-20-46(32)36(48)30(18-22-52-2)44-38(50)54-4/h9-12,23-24,29-32H,5-8,17-22H2,1-4H3,(H,39,41)(H,40,42)(H,43,49)(H,44,50)/t29-,30-,31+,32+/m0/s1. The molecule has 2 aliphatic heterocycles. The van der Waals surface area contributed by atoms with E-state index >= 15 is 0 Å². The van der Waals surface area contributed by atoms with Crippen LogP contribution in [0, 0.1) is 23.7 Å². The SMILES string of the molecule is COCC[C@H](NC(=O)OC)C(=O)N1CCC[C@@H]1c1ncc(C#Cc2ccc(C#Cc3cnc([C@H]4CCCN4C(=O)[C@H](CCOC)NC(=O)OC)[nH]3)cc2)[nH]1. The maximum absolute atomic E-state index is 13.4. The Hall–Kier alpha value is -5.84. The van der Waals surface area contributed by atoms with Crippen LogP contribution in [0.3, 0.4) is 0 Å². The van der Waals surface area contributed by atoms with E-state index in [4.69, 9.17) is 18.9 Å². The van der Waals surface area contributed by atoms with E-state index in [1.165, 1.54) is 14.2 Å². The number of hydrogen-bond acceptors (Lipinski definition) is 10. The fourth-order valence-electron chi connectivity index (χ4n) is 6.47. The van der Waals surface area contributed by atoms with E-state index < -0.39 is 24.3 Å². The molecular weight excluding hydrogens is 696 g/mol. The van der Waals surface area contributed by atoms with Crippen molar-refractivity contribution < 1.29 is 38.1 Å².